The third-order valence-corrected chi connectivity index (χ3v) is 3.74. The van der Waals surface area contributed by atoms with Gasteiger partial charge < -0.3 is 10.0 Å². The Morgan fingerprint density at radius 2 is 2.04 bits per heavy atom. The molecule has 1 N–H and O–H groups in total. The van der Waals surface area contributed by atoms with Crippen molar-refractivity contribution >= 4 is 11.6 Å². The predicted molar refractivity (Wildman–Crippen MR) is 87.1 cm³/mol. The van der Waals surface area contributed by atoms with E-state index in [1.807, 2.05) is 43.3 Å². The molecule has 0 unspecified atom stereocenters. The zero-order chi connectivity index (χ0) is 16.2. The summed E-state index contributed by atoms with van der Waals surface area (Å²) >= 11 is 0. The summed E-state index contributed by atoms with van der Waals surface area (Å²) in [6.45, 7) is 2.63. The number of carbonyl (C=O) groups is 1. The zero-order valence-corrected chi connectivity index (χ0v) is 12.9. The minimum absolute atomic E-state index is 0.0680. The van der Waals surface area contributed by atoms with Crippen molar-refractivity contribution in [3.63, 3.8) is 0 Å². The summed E-state index contributed by atoms with van der Waals surface area (Å²) in [5, 5.41) is 13.4. The number of benzene rings is 1. The Morgan fingerprint density at radius 3 is 2.74 bits per heavy atom. The third kappa shape index (κ3) is 2.80. The van der Waals surface area contributed by atoms with Crippen LogP contribution in [0.15, 0.2) is 48.8 Å². The third-order valence-electron chi connectivity index (χ3n) is 3.74. The van der Waals surface area contributed by atoms with Gasteiger partial charge in [-0.05, 0) is 13.0 Å². The van der Waals surface area contributed by atoms with E-state index in [4.69, 9.17) is 5.11 Å². The molecule has 0 radical (unpaired) electrons. The highest BCUT2D eigenvalue weighted by Crippen LogP contribution is 2.21. The van der Waals surface area contributed by atoms with Crippen molar-refractivity contribution in [3.05, 3.63) is 54.4 Å². The van der Waals surface area contributed by atoms with Crippen LogP contribution in [-0.2, 0) is 0 Å². The Morgan fingerprint density at radius 1 is 1.26 bits per heavy atom. The second-order valence-electron chi connectivity index (χ2n) is 5.10. The van der Waals surface area contributed by atoms with Crippen LogP contribution in [0.2, 0.25) is 0 Å². The van der Waals surface area contributed by atoms with Crippen molar-refractivity contribution in [1.29, 1.82) is 0 Å². The van der Waals surface area contributed by atoms with E-state index in [0.29, 0.717) is 24.3 Å². The maximum atomic E-state index is 12.6. The summed E-state index contributed by atoms with van der Waals surface area (Å²) in [7, 11) is 0. The maximum Gasteiger partial charge on any atom is 0.259 e. The first-order valence-electron chi connectivity index (χ1n) is 7.54. The van der Waals surface area contributed by atoms with Crippen LogP contribution in [-0.4, -0.2) is 50.2 Å². The Kier molecular flexibility index (Phi) is 4.34. The highest BCUT2D eigenvalue weighted by atomic mass is 16.3. The molecule has 6 heteroatoms. The van der Waals surface area contributed by atoms with Crippen molar-refractivity contribution in [1.82, 2.24) is 19.5 Å². The fourth-order valence-corrected chi connectivity index (χ4v) is 2.56. The average Bonchev–Trinajstić information content (AvgIpc) is 3.04. The molecule has 0 aliphatic heterocycles. The number of aliphatic hydroxyl groups excluding tert-OH is 1. The molecule has 3 rings (SSSR count). The quantitative estimate of drug-likeness (QED) is 0.781. The van der Waals surface area contributed by atoms with Gasteiger partial charge in [0.2, 0.25) is 0 Å². The number of likely N-dealkylation sites (N-methyl/N-ethyl adjacent to an activating group) is 1. The van der Waals surface area contributed by atoms with Gasteiger partial charge in [-0.2, -0.15) is 5.10 Å². The molecule has 1 amide bonds. The number of rotatable bonds is 5. The van der Waals surface area contributed by atoms with Crippen molar-refractivity contribution in [2.45, 2.75) is 6.92 Å². The fourth-order valence-electron chi connectivity index (χ4n) is 2.56. The Bertz CT molecular complexity index is 814. The molecule has 0 fully saturated rings. The SMILES string of the molecule is CCN(CCO)C(=O)c1cnn2c(-c3ccccc3)ccnc12. The number of hydrogen-bond acceptors (Lipinski definition) is 4. The van der Waals surface area contributed by atoms with Gasteiger partial charge in [0.1, 0.15) is 5.56 Å². The highest BCUT2D eigenvalue weighted by Gasteiger charge is 2.20. The number of aliphatic hydroxyl groups is 1. The highest BCUT2D eigenvalue weighted by molar-refractivity contribution is 5.99. The number of nitrogens with zero attached hydrogens (tertiary/aromatic N) is 4. The molecule has 0 spiro atoms. The van der Waals surface area contributed by atoms with Crippen LogP contribution < -0.4 is 0 Å². The second-order valence-corrected chi connectivity index (χ2v) is 5.10. The molecule has 23 heavy (non-hydrogen) atoms. The molecular formula is C17H18N4O2. The molecule has 0 aliphatic carbocycles. The molecule has 118 valence electrons. The molecule has 0 saturated heterocycles. The van der Waals surface area contributed by atoms with E-state index in [9.17, 15) is 4.79 Å². The van der Waals surface area contributed by atoms with Crippen molar-refractivity contribution in [2.75, 3.05) is 19.7 Å². The van der Waals surface area contributed by atoms with Gasteiger partial charge in [0.05, 0.1) is 18.5 Å². The van der Waals surface area contributed by atoms with E-state index < -0.39 is 0 Å². The Balaban J connectivity index is 2.07. The van der Waals surface area contributed by atoms with Gasteiger partial charge >= 0.3 is 0 Å². The van der Waals surface area contributed by atoms with E-state index in [1.54, 1.807) is 15.6 Å². The van der Waals surface area contributed by atoms with Gasteiger partial charge in [0, 0.05) is 24.8 Å². The van der Waals surface area contributed by atoms with E-state index in [-0.39, 0.29) is 12.5 Å². The summed E-state index contributed by atoms with van der Waals surface area (Å²) < 4.78 is 1.68. The number of carbonyl (C=O) groups excluding carboxylic acids is 1. The smallest absolute Gasteiger partial charge is 0.259 e. The lowest BCUT2D eigenvalue weighted by atomic mass is 10.1. The molecule has 0 aliphatic rings. The van der Waals surface area contributed by atoms with Crippen LogP contribution in [0, 0.1) is 0 Å². The molecule has 6 nitrogen and oxygen atoms in total. The minimum Gasteiger partial charge on any atom is -0.395 e. The first-order valence-corrected chi connectivity index (χ1v) is 7.54. The van der Waals surface area contributed by atoms with Crippen LogP contribution in [0.3, 0.4) is 0 Å². The van der Waals surface area contributed by atoms with Gasteiger partial charge in [-0.1, -0.05) is 30.3 Å². The van der Waals surface area contributed by atoms with Gasteiger partial charge in [0.25, 0.3) is 5.91 Å². The molecule has 0 bridgehead atoms. The normalized spacial score (nSPS) is 10.9. The zero-order valence-electron chi connectivity index (χ0n) is 12.9. The molecule has 2 heterocycles. The van der Waals surface area contributed by atoms with Crippen molar-refractivity contribution in [2.24, 2.45) is 0 Å². The number of amides is 1. The van der Waals surface area contributed by atoms with Crippen molar-refractivity contribution in [3.8, 4) is 11.3 Å². The van der Waals surface area contributed by atoms with Crippen LogP contribution >= 0.6 is 0 Å². The summed E-state index contributed by atoms with van der Waals surface area (Å²) in [5.41, 5.74) is 2.84. The number of aromatic nitrogens is 3. The Hall–Kier alpha value is -2.73. The summed E-state index contributed by atoms with van der Waals surface area (Å²) in [5.74, 6) is -0.172. The molecule has 1 aromatic carbocycles. The van der Waals surface area contributed by atoms with Crippen LogP contribution in [0.25, 0.3) is 16.9 Å². The van der Waals surface area contributed by atoms with E-state index >= 15 is 0 Å². The lowest BCUT2D eigenvalue weighted by molar-refractivity contribution is 0.0733. The van der Waals surface area contributed by atoms with E-state index in [2.05, 4.69) is 10.1 Å². The van der Waals surface area contributed by atoms with E-state index in [1.165, 1.54) is 6.20 Å². The average molecular weight is 310 g/mol. The molecule has 0 saturated carbocycles. The van der Waals surface area contributed by atoms with Crippen LogP contribution in [0.1, 0.15) is 17.3 Å². The van der Waals surface area contributed by atoms with Crippen LogP contribution in [0.5, 0.6) is 0 Å². The minimum atomic E-state index is -0.172. The molecule has 3 aromatic rings. The summed E-state index contributed by atoms with van der Waals surface area (Å²) in [4.78, 5) is 18.5. The predicted octanol–water partition coefficient (Wildman–Crippen LogP) is 1.85. The summed E-state index contributed by atoms with van der Waals surface area (Å²) in [6.07, 6.45) is 3.22. The fraction of sp³-hybridized carbons (Fsp3) is 0.235. The van der Waals surface area contributed by atoms with Crippen molar-refractivity contribution < 1.29 is 9.90 Å². The monoisotopic (exact) mass is 310 g/mol. The molecular weight excluding hydrogens is 292 g/mol. The number of fused-ring (bicyclic) bond motifs is 1. The topological polar surface area (TPSA) is 70.7 Å². The van der Waals surface area contributed by atoms with Gasteiger partial charge in [-0.25, -0.2) is 9.50 Å². The van der Waals surface area contributed by atoms with Crippen LogP contribution in [0.4, 0.5) is 0 Å². The van der Waals surface area contributed by atoms with E-state index in [0.717, 1.165) is 11.3 Å². The molecule has 0 atom stereocenters. The first kappa shape index (κ1) is 15.2. The van der Waals surface area contributed by atoms with Gasteiger partial charge in [-0.15, -0.1) is 0 Å². The lowest BCUT2D eigenvalue weighted by Crippen LogP contribution is -2.33. The van der Waals surface area contributed by atoms with Gasteiger partial charge in [0.15, 0.2) is 5.65 Å². The largest absolute Gasteiger partial charge is 0.395 e. The Labute approximate surface area is 134 Å². The molecule has 2 aromatic heterocycles. The number of hydrogen-bond donors (Lipinski definition) is 1. The second kappa shape index (κ2) is 6.58. The summed E-state index contributed by atoms with van der Waals surface area (Å²) in [6, 6.07) is 11.7. The lowest BCUT2D eigenvalue weighted by Gasteiger charge is -2.18. The standard InChI is InChI=1S/C17H18N4O2/c1-2-20(10-11-22)17(23)14-12-19-21-15(8-9-18-16(14)21)13-6-4-3-5-7-13/h3-9,12,22H,2,10-11H2,1H3. The first-order chi connectivity index (χ1) is 11.3. The maximum absolute atomic E-state index is 12.6. The van der Waals surface area contributed by atoms with Gasteiger partial charge in [-0.3, -0.25) is 4.79 Å².